The van der Waals surface area contributed by atoms with E-state index < -0.39 is 5.60 Å². The zero-order valence-electron chi connectivity index (χ0n) is 11.6. The van der Waals surface area contributed by atoms with Crippen LogP contribution in [-0.4, -0.2) is 17.6 Å². The molecule has 1 amide bonds. The minimum atomic E-state index is -0.906. The maximum atomic E-state index is 12.1. The molecular weight excluding hydrogens is 250 g/mol. The molecule has 0 radical (unpaired) electrons. The maximum Gasteiger partial charge on any atom is 0.223 e. The zero-order valence-corrected chi connectivity index (χ0v) is 11.6. The zero-order chi connectivity index (χ0) is 14.0. The molecule has 0 heterocycles. The molecule has 1 aromatic carbocycles. The van der Waals surface area contributed by atoms with E-state index in [2.05, 4.69) is 23.5 Å². The summed E-state index contributed by atoms with van der Waals surface area (Å²) in [5.74, 6) is 0.115. The van der Waals surface area contributed by atoms with Crippen molar-refractivity contribution in [2.45, 2.75) is 37.7 Å². The fraction of sp³-hybridized carbons (Fsp3) is 0.471. The molecule has 2 aliphatic rings. The number of hydrogen-bond donors (Lipinski definition) is 2. The molecule has 0 aliphatic heterocycles. The van der Waals surface area contributed by atoms with Gasteiger partial charge in [-0.15, -0.1) is 0 Å². The molecule has 20 heavy (non-hydrogen) atoms. The molecule has 2 aliphatic carbocycles. The fourth-order valence-electron chi connectivity index (χ4n) is 3.29. The Balaban J connectivity index is 1.69. The van der Waals surface area contributed by atoms with Crippen molar-refractivity contribution in [1.29, 1.82) is 0 Å². The molecular formula is C17H21NO2. The molecule has 106 valence electrons. The highest BCUT2D eigenvalue weighted by atomic mass is 16.3. The highest BCUT2D eigenvalue weighted by Gasteiger charge is 2.35. The van der Waals surface area contributed by atoms with Crippen molar-refractivity contribution in [2.24, 2.45) is 5.92 Å². The molecule has 1 aromatic rings. The first-order valence-corrected chi connectivity index (χ1v) is 7.42. The molecule has 0 bridgehead atoms. The van der Waals surface area contributed by atoms with E-state index in [1.165, 1.54) is 5.56 Å². The van der Waals surface area contributed by atoms with E-state index in [-0.39, 0.29) is 11.8 Å². The number of allylic oxidation sites excluding steroid dienone is 2. The molecule has 3 rings (SSSR count). The van der Waals surface area contributed by atoms with Gasteiger partial charge in [0.1, 0.15) is 5.60 Å². The lowest BCUT2D eigenvalue weighted by Crippen LogP contribution is -2.44. The summed E-state index contributed by atoms with van der Waals surface area (Å²) in [6, 6.07) is 8.02. The van der Waals surface area contributed by atoms with E-state index in [0.29, 0.717) is 13.0 Å². The largest absolute Gasteiger partial charge is 0.383 e. The molecule has 0 saturated heterocycles. The lowest BCUT2D eigenvalue weighted by molar-refractivity contribution is -0.126. The number of aliphatic hydroxyl groups is 1. The van der Waals surface area contributed by atoms with Crippen LogP contribution in [0.2, 0.25) is 0 Å². The Morgan fingerprint density at radius 1 is 1.30 bits per heavy atom. The summed E-state index contributed by atoms with van der Waals surface area (Å²) >= 11 is 0. The molecule has 3 nitrogen and oxygen atoms in total. The van der Waals surface area contributed by atoms with Crippen LogP contribution in [-0.2, 0) is 16.8 Å². The normalized spacial score (nSPS) is 25.4. The monoisotopic (exact) mass is 271 g/mol. The summed E-state index contributed by atoms with van der Waals surface area (Å²) in [5.41, 5.74) is 1.28. The average molecular weight is 271 g/mol. The van der Waals surface area contributed by atoms with Crippen LogP contribution in [0, 0.1) is 5.92 Å². The van der Waals surface area contributed by atoms with Crippen LogP contribution in [0.15, 0.2) is 36.4 Å². The second kappa shape index (κ2) is 5.41. The Kier molecular flexibility index (Phi) is 3.62. The van der Waals surface area contributed by atoms with Gasteiger partial charge < -0.3 is 10.4 Å². The molecule has 0 aromatic heterocycles. The molecule has 0 spiro atoms. The number of amides is 1. The number of benzene rings is 1. The van der Waals surface area contributed by atoms with Gasteiger partial charge in [0.05, 0.1) is 6.54 Å². The first kappa shape index (κ1) is 13.4. The van der Waals surface area contributed by atoms with Crippen LogP contribution in [0.3, 0.4) is 0 Å². The topological polar surface area (TPSA) is 49.3 Å². The number of carbonyl (C=O) groups is 1. The molecule has 0 saturated carbocycles. The van der Waals surface area contributed by atoms with E-state index in [0.717, 1.165) is 31.2 Å². The minimum Gasteiger partial charge on any atom is -0.383 e. The van der Waals surface area contributed by atoms with Gasteiger partial charge in [-0.1, -0.05) is 36.4 Å². The standard InChI is InChI=1S/C17H21NO2/c19-16(14-7-1-2-8-14)18-12-17(20)11-5-9-13-6-3-4-10-15(13)17/h1-4,6,10,14,20H,5,7-9,11-12H2,(H,18,19). The number of carbonyl (C=O) groups excluding carboxylic acids is 1. The van der Waals surface area contributed by atoms with Gasteiger partial charge in [0.2, 0.25) is 5.91 Å². The third-order valence-electron chi connectivity index (χ3n) is 4.49. The van der Waals surface area contributed by atoms with Crippen LogP contribution in [0.1, 0.15) is 36.8 Å². The Morgan fingerprint density at radius 3 is 2.85 bits per heavy atom. The smallest absolute Gasteiger partial charge is 0.223 e. The van der Waals surface area contributed by atoms with Crippen molar-refractivity contribution in [3.8, 4) is 0 Å². The van der Waals surface area contributed by atoms with Crippen molar-refractivity contribution in [1.82, 2.24) is 5.32 Å². The highest BCUT2D eigenvalue weighted by molar-refractivity contribution is 5.79. The second-order valence-corrected chi connectivity index (χ2v) is 5.90. The Labute approximate surface area is 119 Å². The van der Waals surface area contributed by atoms with Gasteiger partial charge in [-0.2, -0.15) is 0 Å². The summed E-state index contributed by atoms with van der Waals surface area (Å²) in [4.78, 5) is 12.1. The lowest BCUT2D eigenvalue weighted by Gasteiger charge is -2.35. The van der Waals surface area contributed by atoms with Crippen LogP contribution in [0.5, 0.6) is 0 Å². The fourth-order valence-corrected chi connectivity index (χ4v) is 3.29. The lowest BCUT2D eigenvalue weighted by atomic mass is 9.79. The van der Waals surface area contributed by atoms with Crippen LogP contribution in [0.4, 0.5) is 0 Å². The summed E-state index contributed by atoms with van der Waals surface area (Å²) in [6.45, 7) is 0.319. The minimum absolute atomic E-state index is 0.0532. The molecule has 3 heteroatoms. The maximum absolute atomic E-state index is 12.1. The van der Waals surface area contributed by atoms with E-state index in [1.54, 1.807) is 0 Å². The number of fused-ring (bicyclic) bond motifs is 1. The predicted molar refractivity (Wildman–Crippen MR) is 78.2 cm³/mol. The van der Waals surface area contributed by atoms with Gasteiger partial charge in [0, 0.05) is 5.92 Å². The van der Waals surface area contributed by atoms with E-state index in [9.17, 15) is 9.90 Å². The van der Waals surface area contributed by atoms with Gasteiger partial charge in [0.25, 0.3) is 0 Å². The van der Waals surface area contributed by atoms with Crippen LogP contribution >= 0.6 is 0 Å². The van der Waals surface area contributed by atoms with Gasteiger partial charge >= 0.3 is 0 Å². The van der Waals surface area contributed by atoms with E-state index in [4.69, 9.17) is 0 Å². The second-order valence-electron chi connectivity index (χ2n) is 5.90. The van der Waals surface area contributed by atoms with Crippen molar-refractivity contribution < 1.29 is 9.90 Å². The number of rotatable bonds is 3. The van der Waals surface area contributed by atoms with Crippen molar-refractivity contribution in [3.05, 3.63) is 47.5 Å². The first-order valence-electron chi connectivity index (χ1n) is 7.42. The first-order chi connectivity index (χ1) is 9.69. The van der Waals surface area contributed by atoms with Gasteiger partial charge in [-0.25, -0.2) is 0 Å². The molecule has 2 N–H and O–H groups in total. The number of nitrogens with one attached hydrogen (secondary N) is 1. The summed E-state index contributed by atoms with van der Waals surface area (Å²) < 4.78 is 0. The molecule has 1 unspecified atom stereocenters. The van der Waals surface area contributed by atoms with Crippen molar-refractivity contribution in [3.63, 3.8) is 0 Å². The predicted octanol–water partition coefficient (Wildman–Crippen LogP) is 2.29. The van der Waals surface area contributed by atoms with Gasteiger partial charge in [-0.3, -0.25) is 4.79 Å². The Morgan fingerprint density at radius 2 is 2.05 bits per heavy atom. The third kappa shape index (κ3) is 2.50. The SMILES string of the molecule is O=C(NCC1(O)CCCc2ccccc21)C1CC=CC1. The molecule has 0 fully saturated rings. The highest BCUT2D eigenvalue weighted by Crippen LogP contribution is 2.34. The molecule has 1 atom stereocenters. The quantitative estimate of drug-likeness (QED) is 0.829. The van der Waals surface area contributed by atoms with Gasteiger partial charge in [-0.05, 0) is 43.2 Å². The van der Waals surface area contributed by atoms with E-state index >= 15 is 0 Å². The number of aryl methyl sites for hydroxylation is 1. The van der Waals surface area contributed by atoms with Crippen molar-refractivity contribution in [2.75, 3.05) is 6.54 Å². The summed E-state index contributed by atoms with van der Waals surface area (Å²) in [5, 5.41) is 13.8. The van der Waals surface area contributed by atoms with E-state index in [1.807, 2.05) is 18.2 Å². The van der Waals surface area contributed by atoms with Gasteiger partial charge in [0.15, 0.2) is 0 Å². The third-order valence-corrected chi connectivity index (χ3v) is 4.49. The average Bonchev–Trinajstić information content (AvgIpc) is 3.00. The Bertz CT molecular complexity index is 530. The van der Waals surface area contributed by atoms with Crippen LogP contribution in [0.25, 0.3) is 0 Å². The number of hydrogen-bond acceptors (Lipinski definition) is 2. The van der Waals surface area contributed by atoms with Crippen molar-refractivity contribution >= 4 is 5.91 Å². The summed E-state index contributed by atoms with van der Waals surface area (Å²) in [6.07, 6.45) is 8.44. The summed E-state index contributed by atoms with van der Waals surface area (Å²) in [7, 11) is 0. The Hall–Kier alpha value is -1.61. The van der Waals surface area contributed by atoms with Crippen LogP contribution < -0.4 is 5.32 Å².